The van der Waals surface area contributed by atoms with Crippen molar-refractivity contribution in [2.24, 2.45) is 0 Å². The van der Waals surface area contributed by atoms with Crippen molar-refractivity contribution in [1.29, 1.82) is 0 Å². The van der Waals surface area contributed by atoms with Crippen LogP contribution in [0.15, 0.2) is 29.2 Å². The molecule has 3 rings (SSSR count). The summed E-state index contributed by atoms with van der Waals surface area (Å²) in [5, 5.41) is 14.7. The molecule has 0 radical (unpaired) electrons. The van der Waals surface area contributed by atoms with E-state index >= 15 is 0 Å². The topological polar surface area (TPSA) is 140 Å². The minimum atomic E-state index is -3.55. The van der Waals surface area contributed by atoms with Crippen LogP contribution in [0.3, 0.4) is 0 Å². The Morgan fingerprint density at radius 1 is 1.18 bits per heavy atom. The third-order valence-electron chi connectivity index (χ3n) is 6.29. The summed E-state index contributed by atoms with van der Waals surface area (Å²) in [5.74, 6) is -4.30. The standard InChI is InChI=1S/C25H33F2N4O8P/c1-5-38-40(36,39-6-2)12-10-30-20(9-11-37-4)29(3)25(35)21-23(33)22(32)18(15-31(21)30)24(34)28-14-16-7-8-17(26)13-19(16)27/h7-8,13,15,20,33H,5-6,9-12,14H2,1-4H3,(H,28,34). The van der Waals surface area contributed by atoms with Crippen LogP contribution in [0.1, 0.15) is 46.7 Å². The number of halogens is 2. The summed E-state index contributed by atoms with van der Waals surface area (Å²) in [6.07, 6.45) is 0.565. The number of aromatic nitrogens is 1. The molecular formula is C25H33F2N4O8P. The van der Waals surface area contributed by atoms with Gasteiger partial charge in [-0.3, -0.25) is 28.6 Å². The number of carbonyl (C=O) groups is 2. The maximum Gasteiger partial charge on any atom is 0.332 e. The van der Waals surface area contributed by atoms with E-state index in [1.165, 1.54) is 23.7 Å². The quantitative estimate of drug-likeness (QED) is 0.339. The number of pyridine rings is 1. The fraction of sp³-hybridized carbons (Fsp3) is 0.480. The first-order valence-electron chi connectivity index (χ1n) is 12.6. The van der Waals surface area contributed by atoms with Crippen LogP contribution in [0, 0.1) is 11.6 Å². The molecule has 0 saturated heterocycles. The van der Waals surface area contributed by atoms with E-state index in [9.17, 15) is 32.8 Å². The van der Waals surface area contributed by atoms with E-state index in [1.54, 1.807) is 18.9 Å². The molecule has 1 aromatic heterocycles. The molecule has 0 saturated carbocycles. The summed E-state index contributed by atoms with van der Waals surface area (Å²) >= 11 is 0. The fourth-order valence-corrected chi connectivity index (χ4v) is 5.91. The zero-order valence-corrected chi connectivity index (χ0v) is 23.6. The second-order valence-electron chi connectivity index (χ2n) is 8.84. The summed E-state index contributed by atoms with van der Waals surface area (Å²) in [6, 6.07) is 2.83. The van der Waals surface area contributed by atoms with Crippen LogP contribution in [0.25, 0.3) is 0 Å². The van der Waals surface area contributed by atoms with Crippen molar-refractivity contribution >= 4 is 19.4 Å². The highest BCUT2D eigenvalue weighted by atomic mass is 31.2. The SMILES string of the molecule is CCOP(=O)(CCN1C(CCOC)N(C)C(=O)c2c(O)c(=O)c(C(=O)NCc3ccc(F)cc3F)cn21)OCC. The predicted octanol–water partition coefficient (Wildman–Crippen LogP) is 2.41. The molecule has 2 aromatic rings. The van der Waals surface area contributed by atoms with E-state index in [-0.39, 0.29) is 51.1 Å². The molecule has 2 heterocycles. The van der Waals surface area contributed by atoms with Crippen LogP contribution < -0.4 is 15.8 Å². The molecule has 1 unspecified atom stereocenters. The van der Waals surface area contributed by atoms with Gasteiger partial charge in [0.15, 0.2) is 11.4 Å². The van der Waals surface area contributed by atoms with Gasteiger partial charge >= 0.3 is 7.60 Å². The molecule has 1 aliphatic rings. The summed E-state index contributed by atoms with van der Waals surface area (Å²) < 4.78 is 57.6. The minimum absolute atomic E-state index is 0.0273. The molecule has 220 valence electrons. The Morgan fingerprint density at radius 2 is 1.85 bits per heavy atom. The lowest BCUT2D eigenvalue weighted by molar-refractivity contribution is 0.0576. The largest absolute Gasteiger partial charge is 0.502 e. The molecule has 1 aliphatic heterocycles. The van der Waals surface area contributed by atoms with Crippen LogP contribution in [-0.4, -0.2) is 79.3 Å². The monoisotopic (exact) mass is 586 g/mol. The first-order valence-corrected chi connectivity index (χ1v) is 14.3. The molecule has 40 heavy (non-hydrogen) atoms. The van der Waals surface area contributed by atoms with Crippen LogP contribution in [0.2, 0.25) is 0 Å². The summed E-state index contributed by atoms with van der Waals surface area (Å²) in [7, 11) is -0.586. The Kier molecular flexibility index (Phi) is 10.4. The highest BCUT2D eigenvalue weighted by molar-refractivity contribution is 7.53. The predicted molar refractivity (Wildman–Crippen MR) is 141 cm³/mol. The smallest absolute Gasteiger partial charge is 0.332 e. The molecule has 1 aromatic carbocycles. The maximum absolute atomic E-state index is 14.0. The average molecular weight is 587 g/mol. The third kappa shape index (κ3) is 6.69. The van der Waals surface area contributed by atoms with E-state index in [1.807, 2.05) is 0 Å². The maximum atomic E-state index is 14.0. The molecule has 15 heteroatoms. The Hall–Kier alpha value is -3.32. The third-order valence-corrected chi connectivity index (χ3v) is 8.34. The Labute approximate surface area is 229 Å². The Morgan fingerprint density at radius 3 is 2.45 bits per heavy atom. The van der Waals surface area contributed by atoms with Gasteiger partial charge in [0, 0.05) is 58.1 Å². The van der Waals surface area contributed by atoms with Crippen LogP contribution in [0.4, 0.5) is 8.78 Å². The van der Waals surface area contributed by atoms with Crippen LogP contribution in [-0.2, 0) is 24.9 Å². The van der Waals surface area contributed by atoms with Crippen molar-refractivity contribution in [2.45, 2.75) is 33.0 Å². The van der Waals surface area contributed by atoms with Gasteiger partial charge in [0.05, 0.1) is 19.4 Å². The summed E-state index contributed by atoms with van der Waals surface area (Å²) in [4.78, 5) is 40.5. The number of hydrogen-bond donors (Lipinski definition) is 2. The summed E-state index contributed by atoms with van der Waals surface area (Å²) in [5.41, 5.74) is -2.08. The lowest BCUT2D eigenvalue weighted by Gasteiger charge is -2.45. The Bertz CT molecular complexity index is 1340. The number of hydrogen-bond acceptors (Lipinski definition) is 9. The number of aromatic hydroxyl groups is 1. The van der Waals surface area contributed by atoms with E-state index < -0.39 is 59.6 Å². The van der Waals surface area contributed by atoms with Crippen molar-refractivity contribution in [3.8, 4) is 5.75 Å². The van der Waals surface area contributed by atoms with Crippen molar-refractivity contribution < 1.29 is 41.8 Å². The van der Waals surface area contributed by atoms with Gasteiger partial charge in [-0.05, 0) is 19.9 Å². The number of ether oxygens (including phenoxy) is 1. The zero-order valence-electron chi connectivity index (χ0n) is 22.7. The van der Waals surface area contributed by atoms with Crippen molar-refractivity contribution in [3.05, 3.63) is 63.1 Å². The first kappa shape index (κ1) is 31.2. The van der Waals surface area contributed by atoms with Gasteiger partial charge in [0.2, 0.25) is 5.43 Å². The number of nitrogens with one attached hydrogen (secondary N) is 1. The molecule has 1 atom stereocenters. The van der Waals surface area contributed by atoms with Crippen molar-refractivity contribution in [1.82, 2.24) is 14.9 Å². The van der Waals surface area contributed by atoms with Gasteiger partial charge in [0.1, 0.15) is 23.4 Å². The van der Waals surface area contributed by atoms with E-state index in [0.29, 0.717) is 6.07 Å². The molecular weight excluding hydrogens is 553 g/mol. The molecule has 0 spiro atoms. The molecule has 0 fully saturated rings. The van der Waals surface area contributed by atoms with Gasteiger partial charge in [-0.1, -0.05) is 6.07 Å². The number of methoxy groups -OCH3 is 1. The van der Waals surface area contributed by atoms with Gasteiger partial charge in [-0.25, -0.2) is 8.78 Å². The van der Waals surface area contributed by atoms with Crippen LogP contribution in [0.5, 0.6) is 5.75 Å². The van der Waals surface area contributed by atoms with Gasteiger partial charge in [-0.2, -0.15) is 0 Å². The molecule has 12 nitrogen and oxygen atoms in total. The van der Waals surface area contributed by atoms with Gasteiger partial charge in [0.25, 0.3) is 11.8 Å². The normalized spacial score (nSPS) is 15.3. The Balaban J connectivity index is 2.03. The average Bonchev–Trinajstić information content (AvgIpc) is 2.90. The van der Waals surface area contributed by atoms with Gasteiger partial charge < -0.3 is 29.1 Å². The molecule has 0 aliphatic carbocycles. The number of rotatable bonds is 13. The van der Waals surface area contributed by atoms with Crippen molar-refractivity contribution in [3.63, 3.8) is 0 Å². The highest BCUT2D eigenvalue weighted by Gasteiger charge is 2.40. The molecule has 0 bridgehead atoms. The van der Waals surface area contributed by atoms with E-state index in [0.717, 1.165) is 18.3 Å². The number of carbonyl (C=O) groups excluding carboxylic acids is 2. The highest BCUT2D eigenvalue weighted by Crippen LogP contribution is 2.47. The van der Waals surface area contributed by atoms with Crippen molar-refractivity contribution in [2.75, 3.05) is 51.7 Å². The summed E-state index contributed by atoms with van der Waals surface area (Å²) in [6.45, 7) is 3.42. The lowest BCUT2D eigenvalue weighted by atomic mass is 10.1. The molecule has 2 N–H and O–H groups in total. The zero-order chi connectivity index (χ0) is 29.6. The van der Waals surface area contributed by atoms with Crippen LogP contribution >= 0.6 is 7.60 Å². The number of benzene rings is 1. The number of fused-ring (bicyclic) bond motifs is 1. The number of nitrogens with zero attached hydrogens (tertiary/aromatic N) is 3. The second-order valence-corrected chi connectivity index (χ2v) is 11.0. The molecule has 2 amide bonds. The fourth-order valence-electron chi connectivity index (χ4n) is 4.34. The first-order chi connectivity index (χ1) is 19.0. The van der Waals surface area contributed by atoms with Gasteiger partial charge in [-0.15, -0.1) is 0 Å². The number of amides is 2. The second kappa shape index (κ2) is 13.4. The van der Waals surface area contributed by atoms with E-state index in [2.05, 4.69) is 5.32 Å². The lowest BCUT2D eigenvalue weighted by Crippen LogP contribution is -2.61. The van der Waals surface area contributed by atoms with E-state index in [4.69, 9.17) is 13.8 Å². The minimum Gasteiger partial charge on any atom is -0.502 e.